The average molecular weight is 238 g/mol. The SMILES string of the molecule is CC(C=O)N1CCc2cc([N+](=O)[O-])cc(F)c21. The van der Waals surface area contributed by atoms with Crippen LogP contribution in [0.4, 0.5) is 15.8 Å². The predicted molar refractivity (Wildman–Crippen MR) is 59.6 cm³/mol. The van der Waals surface area contributed by atoms with Crippen LogP contribution in [0.2, 0.25) is 0 Å². The van der Waals surface area contributed by atoms with Gasteiger partial charge in [0.1, 0.15) is 6.29 Å². The van der Waals surface area contributed by atoms with E-state index in [4.69, 9.17) is 0 Å². The van der Waals surface area contributed by atoms with Crippen LogP contribution in [0.25, 0.3) is 0 Å². The van der Waals surface area contributed by atoms with E-state index in [-0.39, 0.29) is 5.69 Å². The van der Waals surface area contributed by atoms with Gasteiger partial charge in [-0.1, -0.05) is 0 Å². The van der Waals surface area contributed by atoms with E-state index in [2.05, 4.69) is 0 Å². The Morgan fingerprint density at radius 1 is 1.59 bits per heavy atom. The highest BCUT2D eigenvalue weighted by Gasteiger charge is 2.28. The Hall–Kier alpha value is -1.98. The third kappa shape index (κ3) is 1.86. The normalized spacial score (nSPS) is 15.5. The van der Waals surface area contributed by atoms with E-state index in [9.17, 15) is 19.3 Å². The third-order valence-electron chi connectivity index (χ3n) is 2.94. The molecule has 0 spiro atoms. The van der Waals surface area contributed by atoms with Gasteiger partial charge in [0, 0.05) is 12.6 Å². The molecule has 1 aromatic carbocycles. The van der Waals surface area contributed by atoms with E-state index < -0.39 is 16.8 Å². The van der Waals surface area contributed by atoms with E-state index in [1.165, 1.54) is 6.07 Å². The molecule has 0 aromatic heterocycles. The summed E-state index contributed by atoms with van der Waals surface area (Å²) < 4.78 is 13.8. The van der Waals surface area contributed by atoms with Crippen LogP contribution in [0.1, 0.15) is 12.5 Å². The van der Waals surface area contributed by atoms with Crippen LogP contribution in [-0.4, -0.2) is 23.8 Å². The maximum atomic E-state index is 13.8. The van der Waals surface area contributed by atoms with Crippen molar-refractivity contribution in [2.24, 2.45) is 0 Å². The van der Waals surface area contributed by atoms with Gasteiger partial charge in [-0.3, -0.25) is 10.1 Å². The number of non-ortho nitro benzene ring substituents is 1. The zero-order chi connectivity index (χ0) is 12.6. The minimum Gasteiger partial charge on any atom is -0.359 e. The summed E-state index contributed by atoms with van der Waals surface area (Å²) in [6.07, 6.45) is 1.25. The maximum absolute atomic E-state index is 13.8. The molecule has 6 heteroatoms. The minimum absolute atomic E-state index is 0.248. The highest BCUT2D eigenvalue weighted by Crippen LogP contribution is 2.35. The Balaban J connectivity index is 2.47. The molecule has 1 heterocycles. The van der Waals surface area contributed by atoms with E-state index in [0.29, 0.717) is 24.2 Å². The number of nitro benzene ring substituents is 1. The lowest BCUT2D eigenvalue weighted by atomic mass is 10.1. The zero-order valence-corrected chi connectivity index (χ0v) is 9.22. The minimum atomic E-state index is -0.639. The number of aldehydes is 1. The number of rotatable bonds is 3. The smallest absolute Gasteiger partial charge is 0.272 e. The summed E-state index contributed by atoms with van der Waals surface area (Å²) in [7, 11) is 0. The highest BCUT2D eigenvalue weighted by molar-refractivity contribution is 5.71. The summed E-state index contributed by atoms with van der Waals surface area (Å²) in [5.41, 5.74) is 0.655. The first-order chi connectivity index (χ1) is 8.04. The van der Waals surface area contributed by atoms with Crippen molar-refractivity contribution in [3.05, 3.63) is 33.6 Å². The number of carbonyl (C=O) groups excluding carboxylic acids is 1. The van der Waals surface area contributed by atoms with Crippen LogP contribution in [0.5, 0.6) is 0 Å². The molecule has 1 unspecified atom stereocenters. The van der Waals surface area contributed by atoms with Crippen molar-refractivity contribution in [3.63, 3.8) is 0 Å². The Labute approximate surface area is 97.0 Å². The van der Waals surface area contributed by atoms with Gasteiger partial charge in [-0.15, -0.1) is 0 Å². The fraction of sp³-hybridized carbons (Fsp3) is 0.364. The number of benzene rings is 1. The lowest BCUT2D eigenvalue weighted by Crippen LogP contribution is -2.32. The van der Waals surface area contributed by atoms with Gasteiger partial charge in [0.25, 0.3) is 5.69 Å². The Bertz CT molecular complexity index is 490. The molecule has 1 aliphatic heterocycles. The molecule has 0 N–H and O–H groups in total. The number of carbonyl (C=O) groups is 1. The van der Waals surface area contributed by atoms with Gasteiger partial charge >= 0.3 is 0 Å². The molecule has 1 aliphatic rings. The van der Waals surface area contributed by atoms with Crippen molar-refractivity contribution in [1.82, 2.24) is 0 Å². The molecule has 0 amide bonds. The summed E-state index contributed by atoms with van der Waals surface area (Å²) >= 11 is 0. The monoisotopic (exact) mass is 238 g/mol. The molecule has 0 bridgehead atoms. The number of halogens is 1. The van der Waals surface area contributed by atoms with Gasteiger partial charge in [0.2, 0.25) is 0 Å². The molecular weight excluding hydrogens is 227 g/mol. The van der Waals surface area contributed by atoms with Crippen LogP contribution >= 0.6 is 0 Å². The average Bonchev–Trinajstić information content (AvgIpc) is 2.72. The van der Waals surface area contributed by atoms with E-state index in [1.54, 1.807) is 11.8 Å². The lowest BCUT2D eigenvalue weighted by molar-refractivity contribution is -0.385. The zero-order valence-electron chi connectivity index (χ0n) is 9.22. The van der Waals surface area contributed by atoms with Crippen molar-refractivity contribution >= 4 is 17.7 Å². The first kappa shape index (κ1) is 11.5. The van der Waals surface area contributed by atoms with E-state index in [0.717, 1.165) is 12.4 Å². The fourth-order valence-corrected chi connectivity index (χ4v) is 2.09. The number of nitrogens with zero attached hydrogens (tertiary/aromatic N) is 2. The molecule has 0 saturated carbocycles. The van der Waals surface area contributed by atoms with Gasteiger partial charge < -0.3 is 9.69 Å². The number of anilines is 1. The summed E-state index contributed by atoms with van der Waals surface area (Å²) in [6, 6.07) is 1.84. The number of hydrogen-bond acceptors (Lipinski definition) is 4. The molecule has 0 saturated heterocycles. The fourth-order valence-electron chi connectivity index (χ4n) is 2.09. The first-order valence-corrected chi connectivity index (χ1v) is 5.23. The van der Waals surface area contributed by atoms with E-state index in [1.807, 2.05) is 0 Å². The second-order valence-electron chi connectivity index (χ2n) is 4.01. The second kappa shape index (κ2) is 4.12. The molecule has 0 radical (unpaired) electrons. The van der Waals surface area contributed by atoms with Crippen molar-refractivity contribution in [2.75, 3.05) is 11.4 Å². The summed E-state index contributed by atoms with van der Waals surface area (Å²) in [4.78, 5) is 22.3. The molecule has 0 aliphatic carbocycles. The number of fused-ring (bicyclic) bond motifs is 1. The van der Waals surface area contributed by atoms with Crippen LogP contribution in [-0.2, 0) is 11.2 Å². The van der Waals surface area contributed by atoms with E-state index >= 15 is 0 Å². The number of nitro groups is 1. The third-order valence-corrected chi connectivity index (χ3v) is 2.94. The molecule has 5 nitrogen and oxygen atoms in total. The van der Waals surface area contributed by atoms with Crippen molar-refractivity contribution < 1.29 is 14.1 Å². The molecule has 1 atom stereocenters. The molecule has 1 aromatic rings. The first-order valence-electron chi connectivity index (χ1n) is 5.23. The van der Waals surface area contributed by atoms with Gasteiger partial charge in [0.15, 0.2) is 5.82 Å². The van der Waals surface area contributed by atoms with Crippen molar-refractivity contribution in [1.29, 1.82) is 0 Å². The highest BCUT2D eigenvalue weighted by atomic mass is 19.1. The topological polar surface area (TPSA) is 63.5 Å². The maximum Gasteiger partial charge on any atom is 0.272 e. The van der Waals surface area contributed by atoms with Crippen LogP contribution in [0.15, 0.2) is 12.1 Å². The molecule has 90 valence electrons. The van der Waals surface area contributed by atoms with Gasteiger partial charge in [-0.25, -0.2) is 4.39 Å². The molecule has 0 fully saturated rings. The largest absolute Gasteiger partial charge is 0.359 e. The number of hydrogen-bond donors (Lipinski definition) is 0. The second-order valence-corrected chi connectivity index (χ2v) is 4.01. The lowest BCUT2D eigenvalue weighted by Gasteiger charge is -2.22. The van der Waals surface area contributed by atoms with Crippen LogP contribution in [0.3, 0.4) is 0 Å². The van der Waals surface area contributed by atoms with Crippen molar-refractivity contribution in [2.45, 2.75) is 19.4 Å². The summed E-state index contributed by atoms with van der Waals surface area (Å²) in [6.45, 7) is 2.18. The van der Waals surface area contributed by atoms with Gasteiger partial charge in [-0.2, -0.15) is 0 Å². The van der Waals surface area contributed by atoms with Crippen molar-refractivity contribution in [3.8, 4) is 0 Å². The quantitative estimate of drug-likeness (QED) is 0.456. The Morgan fingerprint density at radius 2 is 2.29 bits per heavy atom. The molecular formula is C11H11FN2O3. The van der Waals surface area contributed by atoms with Gasteiger partial charge in [0.05, 0.1) is 22.7 Å². The Morgan fingerprint density at radius 3 is 2.88 bits per heavy atom. The Kier molecular flexibility index (Phi) is 2.79. The summed E-state index contributed by atoms with van der Waals surface area (Å²) in [5.74, 6) is -0.639. The van der Waals surface area contributed by atoms with Crippen LogP contribution < -0.4 is 4.90 Å². The standard InChI is InChI=1S/C11H11FN2O3/c1-7(6-15)13-3-2-8-4-9(14(16)17)5-10(12)11(8)13/h4-7H,2-3H2,1H3. The van der Waals surface area contributed by atoms with Gasteiger partial charge in [-0.05, 0) is 18.9 Å². The predicted octanol–water partition coefficient (Wildman–Crippen LogP) is 1.68. The summed E-state index contributed by atoms with van der Waals surface area (Å²) in [5, 5.41) is 10.6. The molecule has 2 rings (SSSR count). The molecule has 17 heavy (non-hydrogen) atoms. The van der Waals surface area contributed by atoms with Crippen LogP contribution in [0, 0.1) is 15.9 Å².